The van der Waals surface area contributed by atoms with Crippen molar-refractivity contribution in [1.82, 2.24) is 0 Å². The Hall–Kier alpha value is -1.97. The molecule has 0 radical (unpaired) electrons. The Labute approximate surface area is 255 Å². The number of aryl methyl sites for hydroxylation is 4. The summed E-state index contributed by atoms with van der Waals surface area (Å²) >= 11 is -3.94. The fourth-order valence-corrected chi connectivity index (χ4v) is 34.4. The summed E-state index contributed by atoms with van der Waals surface area (Å²) in [4.78, 5) is 0. The molecule has 2 atom stereocenters. The van der Waals surface area contributed by atoms with Crippen LogP contribution in [0.3, 0.4) is 0 Å². The van der Waals surface area contributed by atoms with Gasteiger partial charge in [-0.05, 0) is 0 Å². The maximum absolute atomic E-state index is 3.94. The molecule has 2 aliphatic carbocycles. The van der Waals surface area contributed by atoms with Gasteiger partial charge in [-0.25, -0.2) is 0 Å². The van der Waals surface area contributed by atoms with E-state index in [1.54, 1.807) is 22.3 Å². The summed E-state index contributed by atoms with van der Waals surface area (Å²) in [6.07, 6.45) is 5.11. The Morgan fingerprint density at radius 1 is 0.500 bits per heavy atom. The van der Waals surface area contributed by atoms with Gasteiger partial charge in [0.1, 0.15) is 0 Å². The van der Waals surface area contributed by atoms with Crippen molar-refractivity contribution in [2.24, 2.45) is 0 Å². The van der Waals surface area contributed by atoms with Gasteiger partial charge in [0.2, 0.25) is 0 Å². The van der Waals surface area contributed by atoms with E-state index in [0.717, 1.165) is 0 Å². The molecule has 4 aromatic carbocycles. The number of hydrogen-bond acceptors (Lipinski definition) is 0. The van der Waals surface area contributed by atoms with Crippen LogP contribution in [0.25, 0.3) is 23.3 Å². The molecule has 206 valence electrons. The van der Waals surface area contributed by atoms with Gasteiger partial charge in [0.25, 0.3) is 0 Å². The Morgan fingerprint density at radius 3 is 1.18 bits per heavy atom. The number of halogens is 2. The molecule has 4 aromatic rings. The molecule has 0 aliphatic heterocycles. The van der Waals surface area contributed by atoms with Crippen molar-refractivity contribution >= 4 is 55.1 Å². The quantitative estimate of drug-likeness (QED) is 0.182. The zero-order chi connectivity index (χ0) is 26.8. The fraction of sp³-hybridized carbons (Fsp3) is 0.222. The molecule has 0 saturated carbocycles. The van der Waals surface area contributed by atoms with E-state index in [2.05, 4.69) is 141 Å². The van der Waals surface area contributed by atoms with Gasteiger partial charge < -0.3 is 0 Å². The first kappa shape index (κ1) is 31.0. The van der Waals surface area contributed by atoms with Crippen LogP contribution in [0.4, 0.5) is 0 Å². The SMILES string of the molecule is Cc1ccc(C)c2c1C=C(c1ccccc1)[CH]2[Hf]([CH3])([CH3])(=[SiH2])[CH]1C(c2ccccc2)=Cc2c(C)ccc(C)c21.Cl.Cl. The van der Waals surface area contributed by atoms with Gasteiger partial charge in [-0.1, -0.05) is 0 Å². The average molecular weight is 750 g/mol. The van der Waals surface area contributed by atoms with Gasteiger partial charge in [0, 0.05) is 0 Å². The molecule has 0 fully saturated rings. The van der Waals surface area contributed by atoms with Crippen LogP contribution in [-0.4, -0.2) is 6.94 Å². The molecule has 0 aromatic heterocycles. The van der Waals surface area contributed by atoms with Crippen LogP contribution in [0.1, 0.15) is 63.0 Å². The van der Waals surface area contributed by atoms with E-state index in [4.69, 9.17) is 0 Å². The Kier molecular flexibility index (Phi) is 8.54. The summed E-state index contributed by atoms with van der Waals surface area (Å²) in [5, 5.41) is 0. The monoisotopic (exact) mass is 750 g/mol. The zero-order valence-corrected chi connectivity index (χ0v) is 31.1. The molecule has 0 nitrogen and oxygen atoms in total. The second-order valence-corrected chi connectivity index (χ2v) is 56.3. The normalized spacial score (nSPS) is 17.7. The molecule has 2 unspecified atom stereocenters. The van der Waals surface area contributed by atoms with E-state index in [-0.39, 0.29) is 24.8 Å². The van der Waals surface area contributed by atoms with Crippen molar-refractivity contribution in [3.8, 4) is 0 Å². The summed E-state index contributed by atoms with van der Waals surface area (Å²) in [5.74, 6) is 0. The van der Waals surface area contributed by atoms with E-state index in [1.807, 2.05) is 0 Å². The molecule has 6 rings (SSSR count). The second-order valence-electron chi connectivity index (χ2n) is 12.8. The largest absolute Gasteiger partial charge is 0.147 e. The smallest absolute Gasteiger partial charge is 0.147 e. The first-order valence-corrected chi connectivity index (χ1v) is 33.5. The topological polar surface area (TPSA) is 0 Å². The van der Waals surface area contributed by atoms with Crippen LogP contribution >= 0.6 is 24.8 Å². The minimum absolute atomic E-state index is 0. The first-order valence-electron chi connectivity index (χ1n) is 13.9. The van der Waals surface area contributed by atoms with Crippen molar-refractivity contribution in [2.75, 3.05) is 0 Å². The predicted molar refractivity (Wildman–Crippen MR) is 181 cm³/mol. The molecule has 0 amide bonds. The fourth-order valence-electron chi connectivity index (χ4n) is 7.54. The number of rotatable bonds is 4. The number of fused-ring (bicyclic) bond motifs is 2. The molecule has 2 aliphatic rings. The van der Waals surface area contributed by atoms with Gasteiger partial charge in [-0.15, -0.1) is 24.8 Å². The van der Waals surface area contributed by atoms with E-state index in [0.29, 0.717) is 7.35 Å². The third kappa shape index (κ3) is 4.79. The van der Waals surface area contributed by atoms with Crippen LogP contribution in [0, 0.1) is 27.7 Å². The Balaban J connectivity index is 0.00000185. The number of allylic oxidation sites excluding steroid dienone is 2. The Bertz CT molecular complexity index is 1600. The maximum Gasteiger partial charge on any atom is -0.147 e. The standard InChI is InChI=1S/2C17H15.2CH3.2ClH.Hf.H2Si/c2*1-12-8-9-13(2)17-11-15(10-16(12)17)14-6-4-3-5-7-14;;;;;;/h2*3-11H,1-2H3;2*1H3;2*1H;;1H2. The molecule has 4 heteroatoms. The molecule has 0 N–H and O–H groups in total. The summed E-state index contributed by atoms with van der Waals surface area (Å²) in [6, 6.07) is 31.8. The van der Waals surface area contributed by atoms with E-state index in [9.17, 15) is 0 Å². The maximum atomic E-state index is 2.77. The predicted octanol–water partition coefficient (Wildman–Crippen LogP) is 9.99. The Morgan fingerprint density at radius 2 is 0.825 bits per heavy atom. The summed E-state index contributed by atoms with van der Waals surface area (Å²) in [7, 11) is 0. The second kappa shape index (κ2) is 11.0. The zero-order valence-electron chi connectivity index (χ0n) is 24.4. The van der Waals surface area contributed by atoms with E-state index >= 15 is 0 Å². The molecule has 0 bridgehead atoms. The van der Waals surface area contributed by atoms with Crippen LogP contribution in [0.5, 0.6) is 0 Å². The van der Waals surface area contributed by atoms with Crippen molar-refractivity contribution < 1.29 is 17.1 Å². The van der Waals surface area contributed by atoms with Crippen LogP contribution < -0.4 is 0 Å². The number of benzene rings is 4. The van der Waals surface area contributed by atoms with Gasteiger partial charge >= 0.3 is 232 Å². The third-order valence-corrected chi connectivity index (χ3v) is 34.0. The van der Waals surface area contributed by atoms with Gasteiger partial charge in [0.15, 0.2) is 0 Å². The molecule has 0 heterocycles. The summed E-state index contributed by atoms with van der Waals surface area (Å²) in [6.45, 7) is 11.7. The average Bonchev–Trinajstić information content (AvgIpc) is 3.53. The van der Waals surface area contributed by atoms with Gasteiger partial charge in [-0.3, -0.25) is 0 Å². The number of hydrogen-bond donors (Lipinski definition) is 0. The van der Waals surface area contributed by atoms with Gasteiger partial charge in [0.05, 0.1) is 0 Å². The van der Waals surface area contributed by atoms with E-state index in [1.165, 1.54) is 44.5 Å². The minimum atomic E-state index is -3.94. The summed E-state index contributed by atoms with van der Waals surface area (Å²) < 4.78 is 6.47. The molecular formula is C36H40Cl2HfSi. The van der Waals surface area contributed by atoms with Crippen LogP contribution in [0.15, 0.2) is 84.9 Å². The van der Waals surface area contributed by atoms with Crippen molar-refractivity contribution in [2.45, 2.75) is 44.4 Å². The molecule has 40 heavy (non-hydrogen) atoms. The minimum Gasteiger partial charge on any atom is -0.147 e. The van der Waals surface area contributed by atoms with Crippen LogP contribution in [0.2, 0.25) is 9.36 Å². The molecular weight excluding hydrogens is 710 g/mol. The third-order valence-electron chi connectivity index (χ3n) is 9.36. The summed E-state index contributed by atoms with van der Waals surface area (Å²) in [5.41, 5.74) is 17.7. The van der Waals surface area contributed by atoms with E-state index < -0.39 is 17.1 Å². The van der Waals surface area contributed by atoms with Crippen LogP contribution in [-0.2, 0) is 17.1 Å². The molecule has 0 spiro atoms. The van der Waals surface area contributed by atoms with Gasteiger partial charge in [-0.2, -0.15) is 0 Å². The molecule has 0 saturated heterocycles. The van der Waals surface area contributed by atoms with Crippen molar-refractivity contribution in [1.29, 1.82) is 0 Å². The van der Waals surface area contributed by atoms with Crippen molar-refractivity contribution in [3.63, 3.8) is 0 Å². The van der Waals surface area contributed by atoms with Crippen molar-refractivity contribution in [3.05, 3.63) is 141 Å². The first-order chi connectivity index (χ1) is 18.1.